The van der Waals surface area contributed by atoms with E-state index in [1.54, 1.807) is 12.1 Å². The summed E-state index contributed by atoms with van der Waals surface area (Å²) in [5, 5.41) is 0.855. The Bertz CT molecular complexity index is 923. The van der Waals surface area contributed by atoms with Crippen LogP contribution in [0.4, 0.5) is 10.1 Å². The molecule has 3 aromatic rings. The van der Waals surface area contributed by atoms with Crippen molar-refractivity contribution >= 4 is 16.6 Å². The van der Waals surface area contributed by atoms with Crippen molar-refractivity contribution in [3.05, 3.63) is 59.1 Å². The van der Waals surface area contributed by atoms with Gasteiger partial charge in [-0.25, -0.2) is 14.4 Å². The number of nitrogens with zero attached hydrogens (tertiary/aromatic N) is 4. The van der Waals surface area contributed by atoms with E-state index in [9.17, 15) is 4.39 Å². The van der Waals surface area contributed by atoms with Crippen LogP contribution in [0.25, 0.3) is 10.9 Å². The second-order valence-electron chi connectivity index (χ2n) is 6.23. The molecule has 0 radical (unpaired) electrons. The van der Waals surface area contributed by atoms with Crippen molar-refractivity contribution in [2.24, 2.45) is 0 Å². The Hall–Kier alpha value is -2.56. The number of pyridine rings is 1. The zero-order valence-corrected chi connectivity index (χ0v) is 13.9. The summed E-state index contributed by atoms with van der Waals surface area (Å²) in [5.41, 5.74) is 5.08. The van der Waals surface area contributed by atoms with Gasteiger partial charge in [-0.05, 0) is 43.2 Å². The zero-order valence-electron chi connectivity index (χ0n) is 13.9. The smallest absolute Gasteiger partial charge is 0.128 e. The van der Waals surface area contributed by atoms with Gasteiger partial charge in [-0.2, -0.15) is 0 Å². The molecule has 0 aliphatic carbocycles. The highest BCUT2D eigenvalue weighted by molar-refractivity contribution is 5.92. The molecular weight excluding hydrogens is 303 g/mol. The molecule has 4 nitrogen and oxygen atoms in total. The van der Waals surface area contributed by atoms with Crippen molar-refractivity contribution < 1.29 is 4.39 Å². The van der Waals surface area contributed by atoms with E-state index in [0.717, 1.165) is 59.7 Å². The van der Waals surface area contributed by atoms with Crippen LogP contribution < -0.4 is 4.90 Å². The fraction of sp³-hybridized carbons (Fsp3) is 0.316. The monoisotopic (exact) mass is 322 g/mol. The maximum Gasteiger partial charge on any atom is 0.128 e. The average molecular weight is 322 g/mol. The van der Waals surface area contributed by atoms with E-state index in [1.807, 2.05) is 19.2 Å². The number of anilines is 1. The van der Waals surface area contributed by atoms with E-state index in [2.05, 4.69) is 26.8 Å². The molecule has 0 spiro atoms. The second-order valence-corrected chi connectivity index (χ2v) is 6.23. The SMILES string of the molecule is CCc1ncc2c(n1)CN(c1cc(C)nc3ccc(F)cc13)CC2. The number of aryl methyl sites for hydroxylation is 2. The maximum absolute atomic E-state index is 13.8. The molecule has 4 rings (SSSR count). The van der Waals surface area contributed by atoms with Crippen LogP contribution in [0.15, 0.2) is 30.5 Å². The predicted octanol–water partition coefficient (Wildman–Crippen LogP) is 3.60. The number of fused-ring (bicyclic) bond motifs is 2. The molecule has 0 saturated carbocycles. The number of rotatable bonds is 2. The first-order valence-corrected chi connectivity index (χ1v) is 8.29. The largest absolute Gasteiger partial charge is 0.365 e. The average Bonchev–Trinajstić information content (AvgIpc) is 2.60. The Morgan fingerprint density at radius 1 is 1.21 bits per heavy atom. The molecule has 0 fully saturated rings. The van der Waals surface area contributed by atoms with Gasteiger partial charge in [-0.15, -0.1) is 0 Å². The molecule has 24 heavy (non-hydrogen) atoms. The lowest BCUT2D eigenvalue weighted by atomic mass is 10.0. The van der Waals surface area contributed by atoms with Crippen LogP contribution in [0.5, 0.6) is 0 Å². The van der Waals surface area contributed by atoms with Crippen molar-refractivity contribution in [1.29, 1.82) is 0 Å². The Balaban J connectivity index is 1.79. The van der Waals surface area contributed by atoms with Gasteiger partial charge >= 0.3 is 0 Å². The Labute approximate surface area is 140 Å². The Kier molecular flexibility index (Phi) is 3.63. The summed E-state index contributed by atoms with van der Waals surface area (Å²) < 4.78 is 13.8. The van der Waals surface area contributed by atoms with Crippen molar-refractivity contribution in [3.8, 4) is 0 Å². The topological polar surface area (TPSA) is 41.9 Å². The first-order chi connectivity index (χ1) is 11.6. The molecule has 0 atom stereocenters. The normalized spacial score (nSPS) is 14.0. The summed E-state index contributed by atoms with van der Waals surface area (Å²) in [7, 11) is 0. The van der Waals surface area contributed by atoms with Gasteiger partial charge in [-0.1, -0.05) is 6.92 Å². The molecule has 1 aromatic carbocycles. The molecule has 0 amide bonds. The van der Waals surface area contributed by atoms with Crippen LogP contribution >= 0.6 is 0 Å². The maximum atomic E-state index is 13.8. The van der Waals surface area contributed by atoms with Crippen LogP contribution in [0.1, 0.15) is 29.7 Å². The van der Waals surface area contributed by atoms with E-state index in [-0.39, 0.29) is 5.82 Å². The van der Waals surface area contributed by atoms with Crippen molar-refractivity contribution in [2.45, 2.75) is 33.2 Å². The van der Waals surface area contributed by atoms with Gasteiger partial charge in [0.1, 0.15) is 11.6 Å². The third-order valence-corrected chi connectivity index (χ3v) is 4.53. The van der Waals surface area contributed by atoms with Crippen LogP contribution in [0, 0.1) is 12.7 Å². The van der Waals surface area contributed by atoms with Gasteiger partial charge in [0.05, 0.1) is 17.8 Å². The molecule has 1 aliphatic rings. The minimum Gasteiger partial charge on any atom is -0.365 e. The summed E-state index contributed by atoms with van der Waals surface area (Å²) >= 11 is 0. The second kappa shape index (κ2) is 5.82. The lowest BCUT2D eigenvalue weighted by molar-refractivity contribution is 0.629. The number of benzene rings is 1. The Morgan fingerprint density at radius 2 is 2.08 bits per heavy atom. The summed E-state index contributed by atoms with van der Waals surface area (Å²) in [6, 6.07) is 6.82. The van der Waals surface area contributed by atoms with E-state index in [4.69, 9.17) is 0 Å². The number of aromatic nitrogens is 3. The summed E-state index contributed by atoms with van der Waals surface area (Å²) in [5.74, 6) is 0.639. The third kappa shape index (κ3) is 2.60. The Morgan fingerprint density at radius 3 is 2.92 bits per heavy atom. The molecule has 0 saturated heterocycles. The summed E-state index contributed by atoms with van der Waals surface area (Å²) in [6.07, 6.45) is 3.68. The first kappa shape index (κ1) is 15.0. The van der Waals surface area contributed by atoms with Gasteiger partial charge in [-0.3, -0.25) is 4.98 Å². The standard InChI is InChI=1S/C19H19FN4/c1-3-19-21-10-13-6-7-24(11-17(13)23-19)18-8-12(2)22-16-5-4-14(20)9-15(16)18/h4-5,8-10H,3,6-7,11H2,1-2H3. The first-order valence-electron chi connectivity index (χ1n) is 8.29. The van der Waals surface area contributed by atoms with Gasteiger partial charge in [0.2, 0.25) is 0 Å². The highest BCUT2D eigenvalue weighted by Crippen LogP contribution is 2.31. The van der Waals surface area contributed by atoms with E-state index < -0.39 is 0 Å². The van der Waals surface area contributed by atoms with Crippen LogP contribution in [-0.4, -0.2) is 21.5 Å². The number of halogens is 1. The number of hydrogen-bond donors (Lipinski definition) is 0. The zero-order chi connectivity index (χ0) is 16.7. The molecule has 0 bridgehead atoms. The van der Waals surface area contributed by atoms with Crippen LogP contribution in [-0.2, 0) is 19.4 Å². The van der Waals surface area contributed by atoms with Crippen molar-refractivity contribution in [3.63, 3.8) is 0 Å². The lowest BCUT2D eigenvalue weighted by Crippen LogP contribution is -2.31. The number of hydrogen-bond acceptors (Lipinski definition) is 4. The van der Waals surface area contributed by atoms with Crippen molar-refractivity contribution in [2.75, 3.05) is 11.4 Å². The van der Waals surface area contributed by atoms with E-state index in [0.29, 0.717) is 0 Å². The fourth-order valence-corrected chi connectivity index (χ4v) is 3.29. The summed E-state index contributed by atoms with van der Waals surface area (Å²) in [6.45, 7) is 5.63. The minimum absolute atomic E-state index is 0.234. The van der Waals surface area contributed by atoms with Gasteiger partial charge < -0.3 is 4.90 Å². The molecule has 2 aromatic heterocycles. The lowest BCUT2D eigenvalue weighted by Gasteiger charge is -2.31. The molecule has 0 unspecified atom stereocenters. The summed E-state index contributed by atoms with van der Waals surface area (Å²) in [4.78, 5) is 15.9. The molecule has 122 valence electrons. The minimum atomic E-state index is -0.234. The van der Waals surface area contributed by atoms with Gasteiger partial charge in [0.25, 0.3) is 0 Å². The van der Waals surface area contributed by atoms with Crippen LogP contribution in [0.3, 0.4) is 0 Å². The van der Waals surface area contributed by atoms with Gasteiger partial charge in [0, 0.05) is 35.9 Å². The quantitative estimate of drug-likeness (QED) is 0.723. The van der Waals surface area contributed by atoms with E-state index in [1.165, 1.54) is 11.6 Å². The highest BCUT2D eigenvalue weighted by Gasteiger charge is 2.21. The van der Waals surface area contributed by atoms with E-state index >= 15 is 0 Å². The van der Waals surface area contributed by atoms with Gasteiger partial charge in [0.15, 0.2) is 0 Å². The van der Waals surface area contributed by atoms with Crippen LogP contribution in [0.2, 0.25) is 0 Å². The predicted molar refractivity (Wildman–Crippen MR) is 92.6 cm³/mol. The molecule has 3 heterocycles. The fourth-order valence-electron chi connectivity index (χ4n) is 3.29. The third-order valence-electron chi connectivity index (χ3n) is 4.53. The molecular formula is C19H19FN4. The molecule has 0 N–H and O–H groups in total. The molecule has 5 heteroatoms. The highest BCUT2D eigenvalue weighted by atomic mass is 19.1. The molecule has 1 aliphatic heterocycles. The van der Waals surface area contributed by atoms with Crippen molar-refractivity contribution in [1.82, 2.24) is 15.0 Å².